The molecule has 0 aliphatic carbocycles. The van der Waals surface area contributed by atoms with Crippen molar-refractivity contribution in [3.63, 3.8) is 0 Å². The van der Waals surface area contributed by atoms with E-state index in [9.17, 15) is 9.59 Å². The van der Waals surface area contributed by atoms with E-state index in [4.69, 9.17) is 21.1 Å². The van der Waals surface area contributed by atoms with Gasteiger partial charge in [-0.05, 0) is 71.6 Å². The van der Waals surface area contributed by atoms with Crippen LogP contribution < -0.4 is 4.74 Å². The molecule has 6 nitrogen and oxygen atoms in total. The van der Waals surface area contributed by atoms with Gasteiger partial charge in [0.1, 0.15) is 11.5 Å². The molecule has 0 radical (unpaired) electrons. The maximum atomic E-state index is 13.2. The molecule has 0 amide bonds. The molecule has 0 spiro atoms. The second-order valence-corrected chi connectivity index (χ2v) is 9.06. The number of nitrogens with one attached hydrogen (secondary N) is 1. The summed E-state index contributed by atoms with van der Waals surface area (Å²) < 4.78 is 10.9. The second-order valence-electron chi connectivity index (χ2n) is 8.63. The molecule has 2 heterocycles. The summed E-state index contributed by atoms with van der Waals surface area (Å²) in [5.41, 5.74) is 3.60. The van der Waals surface area contributed by atoms with Crippen LogP contribution in [0, 0.1) is 6.92 Å². The van der Waals surface area contributed by atoms with Gasteiger partial charge < -0.3 is 14.5 Å². The Morgan fingerprint density at radius 2 is 1.81 bits per heavy atom. The number of aromatic nitrogens is 2. The van der Waals surface area contributed by atoms with E-state index in [1.54, 1.807) is 36.8 Å². The molecule has 0 atom stereocenters. The van der Waals surface area contributed by atoms with Crippen LogP contribution in [0.5, 0.6) is 11.5 Å². The van der Waals surface area contributed by atoms with Crippen molar-refractivity contribution in [3.8, 4) is 11.5 Å². The Morgan fingerprint density at radius 3 is 2.61 bits per heavy atom. The molecule has 0 aliphatic rings. The molecule has 0 bridgehead atoms. The minimum Gasteiger partial charge on any atom is -0.465 e. The Labute approximate surface area is 212 Å². The van der Waals surface area contributed by atoms with E-state index in [1.165, 1.54) is 7.11 Å². The highest BCUT2D eigenvalue weighted by Crippen LogP contribution is 2.29. The number of pyridine rings is 1. The largest absolute Gasteiger partial charge is 0.465 e. The summed E-state index contributed by atoms with van der Waals surface area (Å²) in [6.07, 6.45) is 5.78. The van der Waals surface area contributed by atoms with E-state index in [2.05, 4.69) is 9.97 Å². The summed E-state index contributed by atoms with van der Waals surface area (Å²) in [5.74, 6) is 0.832. The van der Waals surface area contributed by atoms with Crippen molar-refractivity contribution in [2.24, 2.45) is 0 Å². The van der Waals surface area contributed by atoms with Crippen LogP contribution in [0.4, 0.5) is 0 Å². The molecular weight excluding hydrogens is 476 g/mol. The summed E-state index contributed by atoms with van der Waals surface area (Å²) in [5, 5.41) is 3.19. The number of rotatable bonds is 7. The number of hydrogen-bond acceptors (Lipinski definition) is 5. The number of carbonyl (C=O) groups is 2. The number of carbonyl (C=O) groups excluding carboxylic acids is 2. The molecule has 3 aromatic carbocycles. The van der Waals surface area contributed by atoms with Gasteiger partial charge in [0.2, 0.25) is 0 Å². The van der Waals surface area contributed by atoms with Gasteiger partial charge in [-0.1, -0.05) is 23.7 Å². The second kappa shape index (κ2) is 9.84. The topological polar surface area (TPSA) is 81.3 Å². The van der Waals surface area contributed by atoms with Crippen LogP contribution in [0.1, 0.15) is 38.3 Å². The third kappa shape index (κ3) is 4.81. The van der Waals surface area contributed by atoms with Crippen LogP contribution in [0.3, 0.4) is 0 Å². The zero-order valence-electron chi connectivity index (χ0n) is 19.8. The lowest BCUT2D eigenvalue weighted by Crippen LogP contribution is -2.08. The van der Waals surface area contributed by atoms with Gasteiger partial charge in [0.05, 0.1) is 18.9 Å². The summed E-state index contributed by atoms with van der Waals surface area (Å²) in [6.45, 7) is 1.95. The molecule has 7 heteroatoms. The molecule has 0 unspecified atom stereocenters. The number of ether oxygens (including phenoxy) is 2. The number of nitrogens with zero attached hydrogens (tertiary/aromatic N) is 1. The van der Waals surface area contributed by atoms with Crippen LogP contribution in [-0.2, 0) is 11.2 Å². The molecule has 5 aromatic rings. The number of Topliss-reactive ketones (excluding diaryl/α,β-unsaturated/α-hetero) is 1. The molecule has 0 fully saturated rings. The first kappa shape index (κ1) is 23.6. The molecule has 1 N–H and O–H groups in total. The standard InChI is InChI=1S/C29H23ClN2O4/c1-17-9-23(15-31-14-17)36-22-6-7-24-26(16-32-27(24)13-22)28(33)8-4-19-10-18-3-5-21(30)11-20(18)12-25(19)29(34)35-2/h3,5-7,9-16,32H,4,8H2,1-2H3. The Bertz CT molecular complexity index is 1620. The van der Waals surface area contributed by atoms with Crippen molar-refractivity contribution in [3.05, 3.63) is 100 Å². The van der Waals surface area contributed by atoms with Crippen LogP contribution in [0.25, 0.3) is 21.7 Å². The van der Waals surface area contributed by atoms with Gasteiger partial charge in [0.15, 0.2) is 5.78 Å². The quantitative estimate of drug-likeness (QED) is 0.192. The zero-order chi connectivity index (χ0) is 25.2. The number of ketones is 1. The lowest BCUT2D eigenvalue weighted by atomic mass is 9.95. The summed E-state index contributed by atoms with van der Waals surface area (Å²) in [6, 6.07) is 16.7. The first-order valence-electron chi connectivity index (χ1n) is 11.5. The highest BCUT2D eigenvalue weighted by Gasteiger charge is 2.17. The van der Waals surface area contributed by atoms with Crippen molar-refractivity contribution in [1.82, 2.24) is 9.97 Å². The smallest absolute Gasteiger partial charge is 0.338 e. The van der Waals surface area contributed by atoms with Gasteiger partial charge in [-0.2, -0.15) is 0 Å². The molecule has 5 rings (SSSR count). The van der Waals surface area contributed by atoms with E-state index in [0.29, 0.717) is 34.1 Å². The number of H-pyrrole nitrogens is 1. The van der Waals surface area contributed by atoms with Crippen LogP contribution in [-0.4, -0.2) is 28.8 Å². The predicted molar refractivity (Wildman–Crippen MR) is 140 cm³/mol. The number of aryl methyl sites for hydroxylation is 2. The van der Waals surface area contributed by atoms with Crippen LogP contribution in [0.15, 0.2) is 73.2 Å². The third-order valence-corrected chi connectivity index (χ3v) is 6.33. The number of methoxy groups -OCH3 is 1. The highest BCUT2D eigenvalue weighted by atomic mass is 35.5. The maximum absolute atomic E-state index is 13.2. The van der Waals surface area contributed by atoms with E-state index in [-0.39, 0.29) is 12.2 Å². The van der Waals surface area contributed by atoms with Gasteiger partial charge >= 0.3 is 5.97 Å². The molecule has 0 saturated heterocycles. The molecule has 180 valence electrons. The van der Waals surface area contributed by atoms with E-state index >= 15 is 0 Å². The Morgan fingerprint density at radius 1 is 0.944 bits per heavy atom. The Kier molecular flexibility index (Phi) is 6.44. The van der Waals surface area contributed by atoms with E-state index < -0.39 is 5.97 Å². The monoisotopic (exact) mass is 498 g/mol. The molecule has 36 heavy (non-hydrogen) atoms. The van der Waals surface area contributed by atoms with Gasteiger partial charge in [-0.3, -0.25) is 9.78 Å². The zero-order valence-corrected chi connectivity index (χ0v) is 20.6. The van der Waals surface area contributed by atoms with Crippen molar-refractivity contribution in [2.75, 3.05) is 7.11 Å². The first-order chi connectivity index (χ1) is 17.4. The van der Waals surface area contributed by atoms with Crippen molar-refractivity contribution >= 4 is 45.0 Å². The third-order valence-electron chi connectivity index (χ3n) is 6.09. The van der Waals surface area contributed by atoms with Crippen molar-refractivity contribution in [2.45, 2.75) is 19.8 Å². The summed E-state index contributed by atoms with van der Waals surface area (Å²) >= 11 is 6.11. The van der Waals surface area contributed by atoms with Crippen molar-refractivity contribution in [1.29, 1.82) is 0 Å². The summed E-state index contributed by atoms with van der Waals surface area (Å²) in [7, 11) is 1.35. The number of esters is 1. The average Bonchev–Trinajstić information content (AvgIpc) is 3.29. The molecule has 0 saturated carbocycles. The fourth-order valence-electron chi connectivity index (χ4n) is 4.32. The van der Waals surface area contributed by atoms with Crippen LogP contribution >= 0.6 is 11.6 Å². The lowest BCUT2D eigenvalue weighted by Gasteiger charge is -2.10. The normalized spacial score (nSPS) is 11.1. The Hall–Kier alpha value is -4.16. The van der Waals surface area contributed by atoms with Gasteiger partial charge in [-0.25, -0.2) is 4.79 Å². The summed E-state index contributed by atoms with van der Waals surface area (Å²) in [4.78, 5) is 32.9. The van der Waals surface area contributed by atoms with E-state index in [0.717, 1.165) is 32.8 Å². The van der Waals surface area contributed by atoms with Gasteiger partial charge in [0, 0.05) is 46.4 Å². The first-order valence-corrected chi connectivity index (χ1v) is 11.8. The highest BCUT2D eigenvalue weighted by molar-refractivity contribution is 6.31. The predicted octanol–water partition coefficient (Wildman–Crippen LogP) is 7.07. The lowest BCUT2D eigenvalue weighted by molar-refractivity contribution is 0.0599. The minimum absolute atomic E-state index is 0.0233. The Balaban J connectivity index is 1.37. The minimum atomic E-state index is -0.442. The fourth-order valence-corrected chi connectivity index (χ4v) is 4.50. The SMILES string of the molecule is COC(=O)c1cc2cc(Cl)ccc2cc1CCC(=O)c1c[nH]c2cc(Oc3cncc(C)c3)ccc12. The maximum Gasteiger partial charge on any atom is 0.338 e. The van der Waals surface area contributed by atoms with Crippen molar-refractivity contribution < 1.29 is 19.1 Å². The number of hydrogen-bond donors (Lipinski definition) is 1. The molecule has 0 aliphatic heterocycles. The van der Waals surface area contributed by atoms with Gasteiger partial charge in [-0.15, -0.1) is 0 Å². The van der Waals surface area contributed by atoms with E-state index in [1.807, 2.05) is 43.3 Å². The number of aromatic amines is 1. The van der Waals surface area contributed by atoms with Gasteiger partial charge in [0.25, 0.3) is 0 Å². The molecular formula is C29H23ClN2O4. The fraction of sp³-hybridized carbons (Fsp3) is 0.138. The number of fused-ring (bicyclic) bond motifs is 2. The number of benzene rings is 3. The molecule has 2 aromatic heterocycles. The average molecular weight is 499 g/mol. The van der Waals surface area contributed by atoms with Crippen LogP contribution in [0.2, 0.25) is 5.02 Å². The number of halogens is 1.